The fourth-order valence-corrected chi connectivity index (χ4v) is 6.17. The number of carboxylic acids is 1. The van der Waals surface area contributed by atoms with Gasteiger partial charge in [0, 0.05) is 5.92 Å². The summed E-state index contributed by atoms with van der Waals surface area (Å²) in [6, 6.07) is 16.5. The van der Waals surface area contributed by atoms with E-state index in [9.17, 15) is 14.7 Å². The van der Waals surface area contributed by atoms with Crippen LogP contribution in [0.2, 0.25) is 0 Å². The number of rotatable bonds is 5. The van der Waals surface area contributed by atoms with Gasteiger partial charge in [-0.25, -0.2) is 4.79 Å². The van der Waals surface area contributed by atoms with Gasteiger partial charge >= 0.3 is 12.1 Å². The molecular weight excluding hydrogens is 378 g/mol. The minimum absolute atomic E-state index is 0.000171. The van der Waals surface area contributed by atoms with Crippen molar-refractivity contribution in [2.24, 2.45) is 5.41 Å². The topological polar surface area (TPSA) is 75.6 Å². The largest absolute Gasteiger partial charge is 0.481 e. The van der Waals surface area contributed by atoms with Crippen LogP contribution in [-0.4, -0.2) is 29.3 Å². The molecule has 0 bridgehead atoms. The lowest BCUT2D eigenvalue weighted by Gasteiger charge is -2.51. The predicted octanol–water partition coefficient (Wildman–Crippen LogP) is 5.09. The molecule has 156 valence electrons. The van der Waals surface area contributed by atoms with Crippen molar-refractivity contribution in [3.63, 3.8) is 0 Å². The van der Waals surface area contributed by atoms with E-state index in [0.717, 1.165) is 32.1 Å². The molecule has 3 aliphatic carbocycles. The summed E-state index contributed by atoms with van der Waals surface area (Å²) in [6.07, 6.45) is 5.22. The number of nitrogens with one attached hydrogen (secondary N) is 1. The van der Waals surface area contributed by atoms with Crippen LogP contribution < -0.4 is 5.32 Å². The average Bonchev–Trinajstić information content (AvgIpc) is 3.22. The standard InChI is InChI=1S/C25H27NO4/c27-22(28)15-25(14-6-13-24(25)11-5-12-24)26-23(29)30-16-21-19-9-3-1-7-17(19)18-8-2-4-10-20(18)21/h1-4,7-10,21H,5-6,11-16H2,(H,26,29)(H,27,28). The lowest BCUT2D eigenvalue weighted by Crippen LogP contribution is -2.60. The van der Waals surface area contributed by atoms with E-state index < -0.39 is 17.6 Å². The third-order valence-electron chi connectivity index (χ3n) is 7.72. The van der Waals surface area contributed by atoms with Gasteiger partial charge < -0.3 is 15.2 Å². The molecule has 0 saturated heterocycles. The Hall–Kier alpha value is -2.82. The summed E-state index contributed by atoms with van der Waals surface area (Å²) in [4.78, 5) is 24.5. The molecule has 2 saturated carbocycles. The third kappa shape index (κ3) is 2.91. The summed E-state index contributed by atoms with van der Waals surface area (Å²) >= 11 is 0. The molecule has 0 aliphatic heterocycles. The molecule has 0 heterocycles. The maximum absolute atomic E-state index is 12.9. The number of carbonyl (C=O) groups excluding carboxylic acids is 1. The molecule has 1 spiro atoms. The van der Waals surface area contributed by atoms with E-state index in [0.29, 0.717) is 6.42 Å². The summed E-state index contributed by atoms with van der Waals surface area (Å²) in [6.45, 7) is 0.246. The van der Waals surface area contributed by atoms with Gasteiger partial charge in [-0.05, 0) is 53.4 Å². The summed E-state index contributed by atoms with van der Waals surface area (Å²) in [7, 11) is 0. The van der Waals surface area contributed by atoms with E-state index in [1.165, 1.54) is 22.3 Å². The number of hydrogen-bond donors (Lipinski definition) is 2. The Morgan fingerprint density at radius 1 is 0.933 bits per heavy atom. The Labute approximate surface area is 176 Å². The first-order valence-corrected chi connectivity index (χ1v) is 10.9. The number of alkyl carbamates (subject to hydrolysis) is 1. The fourth-order valence-electron chi connectivity index (χ4n) is 6.17. The maximum atomic E-state index is 12.9. The molecule has 2 fully saturated rings. The molecule has 2 N–H and O–H groups in total. The Balaban J connectivity index is 1.33. The van der Waals surface area contributed by atoms with Crippen molar-refractivity contribution >= 4 is 12.1 Å². The van der Waals surface area contributed by atoms with Crippen LogP contribution in [0.1, 0.15) is 62.0 Å². The van der Waals surface area contributed by atoms with Crippen molar-refractivity contribution in [3.8, 4) is 11.1 Å². The van der Waals surface area contributed by atoms with Gasteiger partial charge in [0.15, 0.2) is 0 Å². The Morgan fingerprint density at radius 2 is 1.50 bits per heavy atom. The number of amides is 1. The molecule has 3 aliphatic rings. The molecule has 0 radical (unpaired) electrons. The molecule has 2 aromatic carbocycles. The highest BCUT2D eigenvalue weighted by Gasteiger charge is 2.59. The monoisotopic (exact) mass is 405 g/mol. The number of carboxylic acid groups (broad SMARTS) is 1. The minimum atomic E-state index is -0.859. The predicted molar refractivity (Wildman–Crippen MR) is 113 cm³/mol. The van der Waals surface area contributed by atoms with Crippen LogP contribution in [0.5, 0.6) is 0 Å². The van der Waals surface area contributed by atoms with E-state index in [1.54, 1.807) is 0 Å². The van der Waals surface area contributed by atoms with Gasteiger partial charge in [-0.3, -0.25) is 4.79 Å². The van der Waals surface area contributed by atoms with E-state index in [2.05, 4.69) is 29.6 Å². The van der Waals surface area contributed by atoms with Gasteiger partial charge in [-0.15, -0.1) is 0 Å². The van der Waals surface area contributed by atoms with Crippen LogP contribution in [-0.2, 0) is 9.53 Å². The quantitative estimate of drug-likeness (QED) is 0.726. The molecule has 1 amide bonds. The molecule has 2 aromatic rings. The number of fused-ring (bicyclic) bond motifs is 3. The summed E-state index contributed by atoms with van der Waals surface area (Å²) < 4.78 is 5.73. The summed E-state index contributed by atoms with van der Waals surface area (Å²) in [5.41, 5.74) is 3.96. The van der Waals surface area contributed by atoms with Crippen LogP contribution in [0.15, 0.2) is 48.5 Å². The van der Waals surface area contributed by atoms with Crippen LogP contribution in [0.3, 0.4) is 0 Å². The second-order valence-corrected chi connectivity index (χ2v) is 9.09. The summed E-state index contributed by atoms with van der Waals surface area (Å²) in [5.74, 6) is -0.859. The minimum Gasteiger partial charge on any atom is -0.481 e. The fraction of sp³-hybridized carbons (Fsp3) is 0.440. The molecule has 5 nitrogen and oxygen atoms in total. The first-order chi connectivity index (χ1) is 14.5. The average molecular weight is 405 g/mol. The second kappa shape index (κ2) is 7.15. The van der Waals surface area contributed by atoms with E-state index in [-0.39, 0.29) is 24.4 Å². The Bertz CT molecular complexity index is 951. The highest BCUT2D eigenvalue weighted by atomic mass is 16.5. The Kier molecular flexibility index (Phi) is 4.57. The zero-order valence-corrected chi connectivity index (χ0v) is 17.0. The zero-order chi connectivity index (χ0) is 20.8. The van der Waals surface area contributed by atoms with Crippen molar-refractivity contribution < 1.29 is 19.4 Å². The normalized spacial score (nSPS) is 23.5. The van der Waals surface area contributed by atoms with Gasteiger partial charge in [0.05, 0.1) is 12.0 Å². The van der Waals surface area contributed by atoms with E-state index in [1.807, 2.05) is 24.3 Å². The summed E-state index contributed by atoms with van der Waals surface area (Å²) in [5, 5.41) is 12.6. The van der Waals surface area contributed by atoms with Gasteiger partial charge in [-0.1, -0.05) is 61.4 Å². The van der Waals surface area contributed by atoms with Crippen molar-refractivity contribution in [2.75, 3.05) is 6.61 Å². The van der Waals surface area contributed by atoms with Crippen molar-refractivity contribution in [1.29, 1.82) is 0 Å². The highest BCUT2D eigenvalue weighted by molar-refractivity contribution is 5.79. The first-order valence-electron chi connectivity index (χ1n) is 10.9. The van der Waals surface area contributed by atoms with Gasteiger partial charge in [0.25, 0.3) is 0 Å². The Morgan fingerprint density at radius 3 is 2.07 bits per heavy atom. The SMILES string of the molecule is O=C(O)CC1(NC(=O)OCC2c3ccccc3-c3ccccc32)CCCC12CCC2. The van der Waals surface area contributed by atoms with Crippen LogP contribution in [0, 0.1) is 5.41 Å². The molecule has 1 atom stereocenters. The number of carbonyl (C=O) groups is 2. The third-order valence-corrected chi connectivity index (χ3v) is 7.72. The van der Waals surface area contributed by atoms with Gasteiger partial charge in [0.2, 0.25) is 0 Å². The van der Waals surface area contributed by atoms with Crippen LogP contribution in [0.4, 0.5) is 4.79 Å². The number of ether oxygens (including phenoxy) is 1. The highest BCUT2D eigenvalue weighted by Crippen LogP contribution is 2.60. The molecular formula is C25H27NO4. The lowest BCUT2D eigenvalue weighted by atomic mass is 9.57. The first kappa shape index (κ1) is 19.2. The number of aliphatic carboxylic acids is 1. The van der Waals surface area contributed by atoms with Gasteiger partial charge in [0.1, 0.15) is 6.61 Å². The van der Waals surface area contributed by atoms with Crippen molar-refractivity contribution in [3.05, 3.63) is 59.7 Å². The van der Waals surface area contributed by atoms with Crippen LogP contribution in [0.25, 0.3) is 11.1 Å². The number of benzene rings is 2. The zero-order valence-electron chi connectivity index (χ0n) is 17.0. The molecule has 0 aromatic heterocycles. The van der Waals surface area contributed by atoms with Gasteiger partial charge in [-0.2, -0.15) is 0 Å². The molecule has 30 heavy (non-hydrogen) atoms. The van der Waals surface area contributed by atoms with Crippen molar-refractivity contribution in [1.82, 2.24) is 5.32 Å². The maximum Gasteiger partial charge on any atom is 0.407 e. The molecule has 5 rings (SSSR count). The smallest absolute Gasteiger partial charge is 0.407 e. The molecule has 1 unspecified atom stereocenters. The van der Waals surface area contributed by atoms with Crippen molar-refractivity contribution in [2.45, 2.75) is 56.4 Å². The van der Waals surface area contributed by atoms with Crippen LogP contribution >= 0.6 is 0 Å². The van der Waals surface area contributed by atoms with E-state index in [4.69, 9.17) is 4.74 Å². The lowest BCUT2D eigenvalue weighted by molar-refractivity contribution is -0.141. The van der Waals surface area contributed by atoms with E-state index >= 15 is 0 Å². The molecule has 5 heteroatoms. The number of hydrogen-bond acceptors (Lipinski definition) is 3. The second-order valence-electron chi connectivity index (χ2n) is 9.09.